The van der Waals surface area contributed by atoms with Crippen LogP contribution < -0.4 is 15.1 Å². The minimum absolute atomic E-state index is 0.00820. The predicted molar refractivity (Wildman–Crippen MR) is 108 cm³/mol. The molecular weight excluding hydrogens is 338 g/mol. The lowest BCUT2D eigenvalue weighted by Crippen LogP contribution is -2.28. The smallest absolute Gasteiger partial charge is 0.229 e. The Morgan fingerprint density at radius 2 is 1.67 bits per heavy atom. The molecule has 27 heavy (non-hydrogen) atoms. The molecule has 0 spiro atoms. The fraction of sp³-hybridized carbons (Fsp3) is 0.364. The molecule has 5 nitrogen and oxygen atoms in total. The van der Waals surface area contributed by atoms with Crippen molar-refractivity contribution in [3.63, 3.8) is 0 Å². The molecule has 2 heterocycles. The van der Waals surface area contributed by atoms with E-state index < -0.39 is 0 Å². The molecule has 1 unspecified atom stereocenters. The Bertz CT molecular complexity index is 841. The Morgan fingerprint density at radius 3 is 2.37 bits per heavy atom. The highest BCUT2D eigenvalue weighted by Crippen LogP contribution is 2.29. The van der Waals surface area contributed by atoms with Gasteiger partial charge in [-0.1, -0.05) is 18.2 Å². The molecule has 1 N–H and O–H groups in total. The van der Waals surface area contributed by atoms with E-state index in [0.29, 0.717) is 6.54 Å². The zero-order valence-corrected chi connectivity index (χ0v) is 15.6. The Morgan fingerprint density at radius 1 is 1.00 bits per heavy atom. The van der Waals surface area contributed by atoms with Gasteiger partial charge in [-0.3, -0.25) is 9.59 Å². The van der Waals surface area contributed by atoms with Gasteiger partial charge >= 0.3 is 0 Å². The Labute approximate surface area is 160 Å². The fourth-order valence-electron chi connectivity index (χ4n) is 3.90. The number of carbonyl (C=O) groups is 2. The average Bonchev–Trinajstić information content (AvgIpc) is 3.34. The molecule has 0 aliphatic carbocycles. The standard InChI is InChI=1S/C22H25N3O2/c1-16-6-2-3-7-20(16)23-22(27)17-14-21(26)25(15-17)19-10-8-18(9-11-19)24-12-4-5-13-24/h2-3,6-11,17H,4-5,12-15H2,1H3,(H,23,27). The van der Waals surface area contributed by atoms with E-state index in [9.17, 15) is 9.59 Å². The summed E-state index contributed by atoms with van der Waals surface area (Å²) in [6.07, 6.45) is 2.74. The molecule has 2 fully saturated rings. The van der Waals surface area contributed by atoms with E-state index in [1.165, 1.54) is 18.5 Å². The molecule has 2 aliphatic heterocycles. The molecule has 0 aromatic heterocycles. The Balaban J connectivity index is 1.42. The maximum atomic E-state index is 12.6. The summed E-state index contributed by atoms with van der Waals surface area (Å²) in [5, 5.41) is 2.97. The number of nitrogens with one attached hydrogen (secondary N) is 1. The first kappa shape index (κ1) is 17.6. The number of amides is 2. The molecule has 0 saturated carbocycles. The molecule has 0 bridgehead atoms. The minimum atomic E-state index is -0.324. The van der Waals surface area contributed by atoms with Crippen LogP contribution in [0.25, 0.3) is 0 Å². The van der Waals surface area contributed by atoms with Gasteiger partial charge in [0.25, 0.3) is 0 Å². The molecule has 2 aromatic rings. The zero-order valence-electron chi connectivity index (χ0n) is 15.6. The van der Waals surface area contributed by atoms with Gasteiger partial charge in [0.05, 0.1) is 5.92 Å². The second kappa shape index (κ2) is 7.43. The van der Waals surface area contributed by atoms with Crippen molar-refractivity contribution in [3.8, 4) is 0 Å². The quantitative estimate of drug-likeness (QED) is 0.903. The van der Waals surface area contributed by atoms with Gasteiger partial charge in [-0.25, -0.2) is 0 Å². The molecule has 2 aromatic carbocycles. The average molecular weight is 363 g/mol. The number of hydrogen-bond acceptors (Lipinski definition) is 3. The van der Waals surface area contributed by atoms with Crippen LogP contribution in [0.2, 0.25) is 0 Å². The van der Waals surface area contributed by atoms with Gasteiger partial charge < -0.3 is 15.1 Å². The first-order valence-electron chi connectivity index (χ1n) is 9.64. The van der Waals surface area contributed by atoms with Crippen LogP contribution in [-0.2, 0) is 9.59 Å². The number of nitrogens with zero attached hydrogens (tertiary/aromatic N) is 2. The maximum absolute atomic E-state index is 12.6. The van der Waals surface area contributed by atoms with Crippen LogP contribution in [0.3, 0.4) is 0 Å². The Kier molecular flexibility index (Phi) is 4.84. The second-order valence-electron chi connectivity index (χ2n) is 7.42. The van der Waals surface area contributed by atoms with Crippen molar-refractivity contribution in [1.29, 1.82) is 0 Å². The van der Waals surface area contributed by atoms with E-state index in [2.05, 4.69) is 22.3 Å². The summed E-state index contributed by atoms with van der Waals surface area (Å²) in [4.78, 5) is 29.2. The predicted octanol–water partition coefficient (Wildman–Crippen LogP) is 3.59. The van der Waals surface area contributed by atoms with Crippen LogP contribution in [0.5, 0.6) is 0 Å². The summed E-state index contributed by atoms with van der Waals surface area (Å²) < 4.78 is 0. The van der Waals surface area contributed by atoms with E-state index >= 15 is 0 Å². The fourth-order valence-corrected chi connectivity index (χ4v) is 3.90. The van der Waals surface area contributed by atoms with Gasteiger partial charge in [0.15, 0.2) is 0 Å². The third-order valence-electron chi connectivity index (χ3n) is 5.53. The van der Waals surface area contributed by atoms with Crippen molar-refractivity contribution in [1.82, 2.24) is 0 Å². The molecule has 5 heteroatoms. The van der Waals surface area contributed by atoms with Crippen molar-refractivity contribution in [2.24, 2.45) is 5.92 Å². The van der Waals surface area contributed by atoms with Gasteiger partial charge in [0, 0.05) is 43.1 Å². The normalized spacial score (nSPS) is 19.6. The van der Waals surface area contributed by atoms with E-state index in [0.717, 1.165) is 30.0 Å². The van der Waals surface area contributed by atoms with E-state index in [4.69, 9.17) is 0 Å². The molecule has 1 atom stereocenters. The highest BCUT2D eigenvalue weighted by Gasteiger charge is 2.35. The lowest BCUT2D eigenvalue weighted by molar-refractivity contribution is -0.122. The van der Waals surface area contributed by atoms with Gasteiger partial charge in [-0.05, 0) is 55.7 Å². The van der Waals surface area contributed by atoms with E-state index in [1.54, 1.807) is 4.90 Å². The maximum Gasteiger partial charge on any atom is 0.229 e. The summed E-state index contributed by atoms with van der Waals surface area (Å²) >= 11 is 0. The van der Waals surface area contributed by atoms with Crippen molar-refractivity contribution in [3.05, 3.63) is 54.1 Å². The summed E-state index contributed by atoms with van der Waals surface area (Å²) in [5.74, 6) is -0.405. The zero-order chi connectivity index (χ0) is 18.8. The summed E-state index contributed by atoms with van der Waals surface area (Å²) in [5.41, 5.74) is 3.90. The molecule has 0 radical (unpaired) electrons. The van der Waals surface area contributed by atoms with Gasteiger partial charge in [0.2, 0.25) is 11.8 Å². The van der Waals surface area contributed by atoms with Gasteiger partial charge in [0.1, 0.15) is 0 Å². The number of anilines is 3. The lowest BCUT2D eigenvalue weighted by Gasteiger charge is -2.20. The topological polar surface area (TPSA) is 52.7 Å². The second-order valence-corrected chi connectivity index (χ2v) is 7.42. The summed E-state index contributed by atoms with van der Waals surface area (Å²) in [6, 6.07) is 15.8. The highest BCUT2D eigenvalue weighted by atomic mass is 16.2. The lowest BCUT2D eigenvalue weighted by atomic mass is 10.1. The van der Waals surface area contributed by atoms with Crippen LogP contribution in [0.4, 0.5) is 17.1 Å². The summed E-state index contributed by atoms with van der Waals surface area (Å²) in [7, 11) is 0. The van der Waals surface area contributed by atoms with Crippen LogP contribution in [-0.4, -0.2) is 31.4 Å². The largest absolute Gasteiger partial charge is 0.372 e. The van der Waals surface area contributed by atoms with Gasteiger partial charge in [-0.15, -0.1) is 0 Å². The van der Waals surface area contributed by atoms with Gasteiger partial charge in [-0.2, -0.15) is 0 Å². The molecule has 140 valence electrons. The monoisotopic (exact) mass is 363 g/mol. The van der Waals surface area contributed by atoms with Crippen LogP contribution in [0.15, 0.2) is 48.5 Å². The number of carbonyl (C=O) groups excluding carboxylic acids is 2. The molecule has 2 amide bonds. The van der Waals surface area contributed by atoms with Crippen molar-refractivity contribution >= 4 is 28.9 Å². The van der Waals surface area contributed by atoms with Crippen LogP contribution in [0.1, 0.15) is 24.8 Å². The SMILES string of the molecule is Cc1ccccc1NC(=O)C1CC(=O)N(c2ccc(N3CCCC3)cc2)C1. The van der Waals surface area contributed by atoms with Crippen molar-refractivity contribution in [2.45, 2.75) is 26.2 Å². The van der Waals surface area contributed by atoms with E-state index in [-0.39, 0.29) is 24.2 Å². The Hall–Kier alpha value is -2.82. The number of para-hydroxylation sites is 1. The summed E-state index contributed by atoms with van der Waals surface area (Å²) in [6.45, 7) is 4.59. The van der Waals surface area contributed by atoms with Crippen molar-refractivity contribution in [2.75, 3.05) is 34.8 Å². The first-order chi connectivity index (χ1) is 13.1. The molecular formula is C22H25N3O2. The third kappa shape index (κ3) is 3.68. The number of hydrogen-bond donors (Lipinski definition) is 1. The van der Waals surface area contributed by atoms with Crippen LogP contribution in [0, 0.1) is 12.8 Å². The first-order valence-corrected chi connectivity index (χ1v) is 9.64. The number of aryl methyl sites for hydroxylation is 1. The number of rotatable bonds is 4. The van der Waals surface area contributed by atoms with Crippen LogP contribution >= 0.6 is 0 Å². The third-order valence-corrected chi connectivity index (χ3v) is 5.53. The minimum Gasteiger partial charge on any atom is -0.372 e. The molecule has 2 saturated heterocycles. The van der Waals surface area contributed by atoms with Crippen molar-refractivity contribution < 1.29 is 9.59 Å². The molecule has 4 rings (SSSR count). The molecule has 2 aliphatic rings. The van der Waals surface area contributed by atoms with E-state index in [1.807, 2.05) is 43.3 Å². The highest BCUT2D eigenvalue weighted by molar-refractivity contribution is 6.03. The number of benzene rings is 2.